The number of primary amides is 1. The molecule has 1 rings (SSSR count). The van der Waals surface area contributed by atoms with Crippen LogP contribution >= 0.6 is 11.8 Å². The van der Waals surface area contributed by atoms with E-state index in [9.17, 15) is 9.59 Å². The number of nitrogen functional groups attached to an aromatic ring is 1. The fourth-order valence-corrected chi connectivity index (χ4v) is 1.95. The number of amides is 2. The summed E-state index contributed by atoms with van der Waals surface area (Å²) < 4.78 is 0. The van der Waals surface area contributed by atoms with Gasteiger partial charge in [-0.1, -0.05) is 18.2 Å². The summed E-state index contributed by atoms with van der Waals surface area (Å²) >= 11 is 1.41. The summed E-state index contributed by atoms with van der Waals surface area (Å²) in [6, 6.07) is 7.25. The largest absolute Gasteiger partial charge is 0.398 e. The van der Waals surface area contributed by atoms with Gasteiger partial charge in [0, 0.05) is 12.2 Å². The minimum Gasteiger partial charge on any atom is -0.398 e. The average Bonchev–Trinajstić information content (AvgIpc) is 2.31. The minimum atomic E-state index is -0.529. The van der Waals surface area contributed by atoms with E-state index >= 15 is 0 Å². The van der Waals surface area contributed by atoms with Crippen molar-refractivity contribution in [3.05, 3.63) is 29.8 Å². The van der Waals surface area contributed by atoms with Gasteiger partial charge in [0.1, 0.15) is 0 Å². The number of hydrogen-bond acceptors (Lipinski definition) is 4. The Labute approximate surface area is 111 Å². The molecule has 98 valence electrons. The van der Waals surface area contributed by atoms with Crippen LogP contribution in [0.25, 0.3) is 0 Å². The van der Waals surface area contributed by atoms with Crippen LogP contribution in [0.1, 0.15) is 5.56 Å². The van der Waals surface area contributed by atoms with Crippen LogP contribution in [0.15, 0.2) is 24.3 Å². The average molecular weight is 267 g/mol. The number of hydrogen-bond donors (Lipinski definition) is 2. The third kappa shape index (κ3) is 4.29. The van der Waals surface area contributed by atoms with Gasteiger partial charge in [-0.15, -0.1) is 0 Å². The van der Waals surface area contributed by atoms with E-state index in [0.717, 1.165) is 5.56 Å². The van der Waals surface area contributed by atoms with Crippen molar-refractivity contribution in [1.82, 2.24) is 4.90 Å². The molecule has 0 aliphatic heterocycles. The maximum Gasteiger partial charge on any atom is 0.237 e. The number of carbonyl (C=O) groups is 2. The number of para-hydroxylation sites is 1. The number of carbonyl (C=O) groups excluding carboxylic acids is 2. The molecule has 1 aromatic rings. The maximum absolute atomic E-state index is 11.9. The van der Waals surface area contributed by atoms with Crippen molar-refractivity contribution in [3.63, 3.8) is 0 Å². The number of nitrogens with two attached hydrogens (primary N) is 2. The van der Waals surface area contributed by atoms with Crippen LogP contribution in [0.2, 0.25) is 0 Å². The Morgan fingerprint density at radius 3 is 2.56 bits per heavy atom. The predicted molar refractivity (Wildman–Crippen MR) is 73.8 cm³/mol. The Morgan fingerprint density at radius 2 is 2.00 bits per heavy atom. The van der Waals surface area contributed by atoms with Gasteiger partial charge in [-0.2, -0.15) is 11.8 Å². The molecule has 0 heterocycles. The van der Waals surface area contributed by atoms with Gasteiger partial charge in [-0.25, -0.2) is 0 Å². The van der Waals surface area contributed by atoms with Crippen LogP contribution in [0.4, 0.5) is 5.69 Å². The highest BCUT2D eigenvalue weighted by Crippen LogP contribution is 2.14. The summed E-state index contributed by atoms with van der Waals surface area (Å²) in [6.07, 6.45) is 1.83. The Morgan fingerprint density at radius 1 is 1.33 bits per heavy atom. The summed E-state index contributed by atoms with van der Waals surface area (Å²) in [6.45, 7) is 0.211. The minimum absolute atomic E-state index is 0.0896. The van der Waals surface area contributed by atoms with Gasteiger partial charge in [0.2, 0.25) is 11.8 Å². The van der Waals surface area contributed by atoms with Crippen LogP contribution in [0.5, 0.6) is 0 Å². The lowest BCUT2D eigenvalue weighted by atomic mass is 10.1. The fraction of sp³-hybridized carbons (Fsp3) is 0.333. The number of thioether (sulfide) groups is 1. The molecule has 1 aromatic carbocycles. The lowest BCUT2D eigenvalue weighted by Crippen LogP contribution is -2.39. The summed E-state index contributed by atoms with van der Waals surface area (Å²) in [7, 11) is 0. The van der Waals surface area contributed by atoms with Crippen LogP contribution < -0.4 is 11.5 Å². The fourth-order valence-electron chi connectivity index (χ4n) is 1.52. The van der Waals surface area contributed by atoms with Crippen LogP contribution in [-0.2, 0) is 16.1 Å². The SMILES string of the molecule is CSCC(=O)N(CC(N)=O)Cc1ccccc1N. The molecule has 0 saturated heterocycles. The van der Waals surface area contributed by atoms with Crippen LogP contribution in [0.3, 0.4) is 0 Å². The molecule has 0 aliphatic rings. The quantitative estimate of drug-likeness (QED) is 0.732. The van der Waals surface area contributed by atoms with Gasteiger partial charge in [0.15, 0.2) is 0 Å². The topological polar surface area (TPSA) is 89.4 Å². The first-order chi connectivity index (χ1) is 8.54. The first-order valence-corrected chi connectivity index (χ1v) is 6.82. The van der Waals surface area contributed by atoms with Gasteiger partial charge in [0.25, 0.3) is 0 Å². The van der Waals surface area contributed by atoms with Gasteiger partial charge in [0.05, 0.1) is 12.3 Å². The highest BCUT2D eigenvalue weighted by atomic mass is 32.2. The molecule has 4 N–H and O–H groups in total. The van der Waals surface area contributed by atoms with Crippen LogP contribution in [0, 0.1) is 0 Å². The van der Waals surface area contributed by atoms with E-state index in [-0.39, 0.29) is 12.5 Å². The number of anilines is 1. The molecular formula is C12H17N3O2S. The molecule has 5 nitrogen and oxygen atoms in total. The van der Waals surface area contributed by atoms with E-state index < -0.39 is 5.91 Å². The first-order valence-electron chi connectivity index (χ1n) is 5.43. The summed E-state index contributed by atoms with van der Waals surface area (Å²) in [5.41, 5.74) is 12.4. The smallest absolute Gasteiger partial charge is 0.237 e. The molecular weight excluding hydrogens is 250 g/mol. The molecule has 2 amide bonds. The third-order valence-corrected chi connectivity index (χ3v) is 2.92. The molecule has 0 atom stereocenters. The Hall–Kier alpha value is -1.69. The zero-order valence-corrected chi connectivity index (χ0v) is 11.1. The molecule has 0 fully saturated rings. The number of nitrogens with zero attached hydrogens (tertiary/aromatic N) is 1. The van der Waals surface area contributed by atoms with Crippen molar-refractivity contribution in [2.24, 2.45) is 5.73 Å². The molecule has 0 unspecified atom stereocenters. The van der Waals surface area contributed by atoms with E-state index in [4.69, 9.17) is 11.5 Å². The molecule has 0 radical (unpaired) electrons. The molecule has 18 heavy (non-hydrogen) atoms. The summed E-state index contributed by atoms with van der Waals surface area (Å²) in [4.78, 5) is 24.3. The van der Waals surface area contributed by atoms with Crippen molar-refractivity contribution in [1.29, 1.82) is 0 Å². The molecule has 0 saturated carbocycles. The standard InChI is InChI=1S/C12H17N3O2S/c1-18-8-12(17)15(7-11(14)16)6-9-4-2-3-5-10(9)13/h2-5H,6-8,13H2,1H3,(H2,14,16). The lowest BCUT2D eigenvalue weighted by Gasteiger charge is -2.21. The summed E-state index contributed by atoms with van der Waals surface area (Å²) in [5.74, 6) is -0.330. The normalized spacial score (nSPS) is 10.1. The molecule has 0 spiro atoms. The van der Waals surface area contributed by atoms with Crippen molar-refractivity contribution in [2.75, 3.05) is 24.3 Å². The van der Waals surface area contributed by atoms with Crippen molar-refractivity contribution in [2.45, 2.75) is 6.54 Å². The second-order valence-electron chi connectivity index (χ2n) is 3.85. The Balaban J connectivity index is 2.81. The van der Waals surface area contributed by atoms with E-state index in [0.29, 0.717) is 18.0 Å². The first kappa shape index (κ1) is 14.4. The van der Waals surface area contributed by atoms with Crippen molar-refractivity contribution >= 4 is 29.3 Å². The number of rotatable bonds is 6. The Bertz CT molecular complexity index is 437. The van der Waals surface area contributed by atoms with Gasteiger partial charge >= 0.3 is 0 Å². The maximum atomic E-state index is 11.9. The Kier molecular flexibility index (Phi) is 5.51. The van der Waals surface area contributed by atoms with Crippen molar-refractivity contribution < 1.29 is 9.59 Å². The molecule has 0 bridgehead atoms. The van der Waals surface area contributed by atoms with Crippen molar-refractivity contribution in [3.8, 4) is 0 Å². The number of benzene rings is 1. The van der Waals surface area contributed by atoms with E-state index in [1.165, 1.54) is 16.7 Å². The van der Waals surface area contributed by atoms with Gasteiger partial charge in [-0.3, -0.25) is 9.59 Å². The van der Waals surface area contributed by atoms with Crippen LogP contribution in [-0.4, -0.2) is 35.3 Å². The molecule has 6 heteroatoms. The lowest BCUT2D eigenvalue weighted by molar-refractivity contribution is -0.133. The summed E-state index contributed by atoms with van der Waals surface area (Å²) in [5, 5.41) is 0. The molecule has 0 aromatic heterocycles. The molecule has 0 aliphatic carbocycles. The second-order valence-corrected chi connectivity index (χ2v) is 4.71. The predicted octanol–water partition coefficient (Wildman–Crippen LogP) is 0.446. The van der Waals surface area contributed by atoms with E-state index in [2.05, 4.69) is 0 Å². The van der Waals surface area contributed by atoms with Gasteiger partial charge < -0.3 is 16.4 Å². The zero-order valence-electron chi connectivity index (χ0n) is 10.3. The third-order valence-electron chi connectivity index (χ3n) is 2.38. The van der Waals surface area contributed by atoms with E-state index in [1.807, 2.05) is 24.5 Å². The monoisotopic (exact) mass is 267 g/mol. The zero-order chi connectivity index (χ0) is 13.5. The highest BCUT2D eigenvalue weighted by Gasteiger charge is 2.16. The van der Waals surface area contributed by atoms with Gasteiger partial charge in [-0.05, 0) is 17.9 Å². The second kappa shape index (κ2) is 6.90. The highest BCUT2D eigenvalue weighted by molar-refractivity contribution is 7.99. The van der Waals surface area contributed by atoms with E-state index in [1.54, 1.807) is 6.07 Å².